The molecule has 1 fully saturated rings. The number of amides is 1. The average molecular weight is 355 g/mol. The molecule has 0 saturated heterocycles. The Morgan fingerprint density at radius 2 is 1.59 bits per heavy atom. The molecule has 5 rings (SSSR count). The molecule has 4 nitrogen and oxygen atoms in total. The summed E-state index contributed by atoms with van der Waals surface area (Å²) < 4.78 is 2.06. The topological polar surface area (TPSA) is 60.9 Å². The van der Waals surface area contributed by atoms with Gasteiger partial charge < -0.3 is 5.73 Å². The fraction of sp³-hybridized carbons (Fsp3) is 0.217. The van der Waals surface area contributed by atoms with Crippen LogP contribution < -0.4 is 5.73 Å². The van der Waals surface area contributed by atoms with E-state index < -0.39 is 5.91 Å². The molecule has 1 amide bonds. The van der Waals surface area contributed by atoms with Gasteiger partial charge in [-0.2, -0.15) is 5.10 Å². The average Bonchev–Trinajstić information content (AvgIpc) is 3.49. The molecule has 0 aliphatic heterocycles. The molecule has 1 heterocycles. The quantitative estimate of drug-likeness (QED) is 0.772. The van der Waals surface area contributed by atoms with E-state index in [1.165, 1.54) is 11.1 Å². The maximum atomic E-state index is 11.9. The van der Waals surface area contributed by atoms with Crippen molar-refractivity contribution in [3.05, 3.63) is 94.8 Å². The van der Waals surface area contributed by atoms with Gasteiger partial charge in [-0.1, -0.05) is 72.8 Å². The molecular weight excluding hydrogens is 334 g/mol. The molecule has 0 unspecified atom stereocenters. The Kier molecular flexibility index (Phi) is 3.54. The predicted molar refractivity (Wildman–Crippen MR) is 105 cm³/mol. The van der Waals surface area contributed by atoms with Crippen LogP contribution in [0, 0.1) is 0 Å². The van der Waals surface area contributed by atoms with Gasteiger partial charge in [-0.25, -0.2) is 0 Å². The number of allylic oxidation sites excluding steroid dienone is 1. The first-order valence-corrected chi connectivity index (χ1v) is 9.40. The summed E-state index contributed by atoms with van der Waals surface area (Å²) in [6.45, 7) is 0. The highest BCUT2D eigenvalue weighted by Crippen LogP contribution is 2.45. The molecular formula is C23H21N3O. The van der Waals surface area contributed by atoms with E-state index in [0.29, 0.717) is 11.7 Å². The fourth-order valence-electron chi connectivity index (χ4n) is 4.22. The fourth-order valence-corrected chi connectivity index (χ4v) is 4.22. The van der Waals surface area contributed by atoms with Crippen molar-refractivity contribution in [2.75, 3.05) is 0 Å². The van der Waals surface area contributed by atoms with E-state index in [0.717, 1.165) is 30.5 Å². The van der Waals surface area contributed by atoms with Crippen molar-refractivity contribution >= 4 is 12.0 Å². The lowest BCUT2D eigenvalue weighted by Gasteiger charge is -2.35. The van der Waals surface area contributed by atoms with E-state index in [2.05, 4.69) is 64.4 Å². The molecule has 1 aromatic heterocycles. The van der Waals surface area contributed by atoms with Gasteiger partial charge in [-0.05, 0) is 24.0 Å². The highest BCUT2D eigenvalue weighted by Gasteiger charge is 2.40. The molecule has 4 heteroatoms. The largest absolute Gasteiger partial charge is 0.364 e. The van der Waals surface area contributed by atoms with Crippen LogP contribution in [0.15, 0.2) is 66.7 Å². The molecule has 2 aromatic carbocycles. The third-order valence-corrected chi connectivity index (χ3v) is 5.74. The summed E-state index contributed by atoms with van der Waals surface area (Å²) in [6.07, 6.45) is 7.25. The standard InChI is InChI=1S/C23H21N3O/c24-22(27)21-19-13-14-23(16-7-3-1-4-8-16,17-9-5-2-6-10-17)15-20(19)26(25-21)18-11-12-18/h1-10,13-14,18H,11-12,15H2,(H2,24,27). The number of primary amides is 1. The van der Waals surface area contributed by atoms with Crippen molar-refractivity contribution in [1.82, 2.24) is 9.78 Å². The number of nitrogens with zero attached hydrogens (tertiary/aromatic N) is 2. The second-order valence-electron chi connectivity index (χ2n) is 7.46. The number of hydrogen-bond acceptors (Lipinski definition) is 2. The number of hydrogen-bond donors (Lipinski definition) is 1. The SMILES string of the molecule is NC(=O)c1nn(C2CC2)c2c1C=CC(c1ccccc1)(c1ccccc1)C2. The molecule has 3 aromatic rings. The van der Waals surface area contributed by atoms with E-state index >= 15 is 0 Å². The van der Waals surface area contributed by atoms with Crippen molar-refractivity contribution < 1.29 is 4.79 Å². The maximum Gasteiger partial charge on any atom is 0.269 e. The van der Waals surface area contributed by atoms with Gasteiger partial charge in [-0.3, -0.25) is 9.48 Å². The van der Waals surface area contributed by atoms with Crippen LogP contribution in [0.2, 0.25) is 0 Å². The molecule has 2 aliphatic carbocycles. The summed E-state index contributed by atoms with van der Waals surface area (Å²) in [5.74, 6) is -0.456. The van der Waals surface area contributed by atoms with Gasteiger partial charge in [0.2, 0.25) is 0 Å². The zero-order valence-corrected chi connectivity index (χ0v) is 15.0. The highest BCUT2D eigenvalue weighted by molar-refractivity contribution is 5.95. The normalized spacial score (nSPS) is 17.5. The van der Waals surface area contributed by atoms with Crippen molar-refractivity contribution in [3.63, 3.8) is 0 Å². The van der Waals surface area contributed by atoms with Crippen LogP contribution in [0.3, 0.4) is 0 Å². The first-order valence-electron chi connectivity index (χ1n) is 9.40. The number of benzene rings is 2. The molecule has 2 N–H and O–H groups in total. The van der Waals surface area contributed by atoms with Crippen LogP contribution in [0.5, 0.6) is 0 Å². The lowest BCUT2D eigenvalue weighted by Crippen LogP contribution is -2.31. The van der Waals surface area contributed by atoms with Crippen molar-refractivity contribution in [2.45, 2.75) is 30.7 Å². The number of aromatic nitrogens is 2. The minimum Gasteiger partial charge on any atom is -0.364 e. The third kappa shape index (κ3) is 2.52. The first-order chi connectivity index (χ1) is 13.2. The van der Waals surface area contributed by atoms with E-state index in [4.69, 9.17) is 5.73 Å². The zero-order valence-electron chi connectivity index (χ0n) is 15.0. The van der Waals surface area contributed by atoms with Crippen LogP contribution in [0.1, 0.15) is 51.8 Å². The summed E-state index contributed by atoms with van der Waals surface area (Å²) in [6, 6.07) is 21.5. The van der Waals surface area contributed by atoms with Gasteiger partial charge in [0, 0.05) is 23.1 Å². The lowest BCUT2D eigenvalue weighted by atomic mass is 9.68. The van der Waals surface area contributed by atoms with Gasteiger partial charge in [-0.15, -0.1) is 0 Å². The van der Waals surface area contributed by atoms with E-state index in [9.17, 15) is 4.79 Å². The summed E-state index contributed by atoms with van der Waals surface area (Å²) in [5.41, 5.74) is 10.2. The Bertz CT molecular complexity index is 991. The van der Waals surface area contributed by atoms with Crippen molar-refractivity contribution in [3.8, 4) is 0 Å². The number of carbonyl (C=O) groups excluding carboxylic acids is 1. The summed E-state index contributed by atoms with van der Waals surface area (Å²) in [7, 11) is 0. The summed E-state index contributed by atoms with van der Waals surface area (Å²) in [5, 5.41) is 4.60. The van der Waals surface area contributed by atoms with Crippen LogP contribution >= 0.6 is 0 Å². The minimum atomic E-state index is -0.456. The molecule has 1 saturated carbocycles. The first kappa shape index (κ1) is 16.1. The highest BCUT2D eigenvalue weighted by atomic mass is 16.1. The molecule has 27 heavy (non-hydrogen) atoms. The zero-order chi connectivity index (χ0) is 18.4. The van der Waals surface area contributed by atoms with Crippen LogP contribution in [0.4, 0.5) is 0 Å². The van der Waals surface area contributed by atoms with E-state index in [1.54, 1.807) is 0 Å². The summed E-state index contributed by atoms with van der Waals surface area (Å²) in [4.78, 5) is 11.9. The van der Waals surface area contributed by atoms with Gasteiger partial charge >= 0.3 is 0 Å². The third-order valence-electron chi connectivity index (χ3n) is 5.74. The Balaban J connectivity index is 1.73. The smallest absolute Gasteiger partial charge is 0.269 e. The monoisotopic (exact) mass is 355 g/mol. The number of rotatable bonds is 4. The molecule has 0 bridgehead atoms. The Labute approximate surface area is 158 Å². The van der Waals surface area contributed by atoms with Crippen molar-refractivity contribution in [1.29, 1.82) is 0 Å². The van der Waals surface area contributed by atoms with E-state index in [-0.39, 0.29) is 5.41 Å². The van der Waals surface area contributed by atoms with Gasteiger partial charge in [0.05, 0.1) is 6.04 Å². The second kappa shape index (κ2) is 5.95. The van der Waals surface area contributed by atoms with Crippen molar-refractivity contribution in [2.24, 2.45) is 5.73 Å². The predicted octanol–water partition coefficient (Wildman–Crippen LogP) is 3.87. The van der Waals surface area contributed by atoms with Gasteiger partial charge in [0.1, 0.15) is 0 Å². The van der Waals surface area contributed by atoms with Crippen LogP contribution in [0.25, 0.3) is 6.08 Å². The Hall–Kier alpha value is -3.14. The lowest BCUT2D eigenvalue weighted by molar-refractivity contribution is 0.0994. The van der Waals surface area contributed by atoms with Crippen LogP contribution in [-0.4, -0.2) is 15.7 Å². The van der Waals surface area contributed by atoms with Gasteiger partial charge in [0.15, 0.2) is 5.69 Å². The maximum absolute atomic E-state index is 11.9. The number of carbonyl (C=O) groups is 1. The van der Waals surface area contributed by atoms with Crippen LogP contribution in [-0.2, 0) is 11.8 Å². The second-order valence-corrected chi connectivity index (χ2v) is 7.46. The molecule has 0 radical (unpaired) electrons. The number of nitrogens with two attached hydrogens (primary N) is 1. The van der Waals surface area contributed by atoms with E-state index in [1.807, 2.05) is 18.2 Å². The Morgan fingerprint density at radius 1 is 1.00 bits per heavy atom. The summed E-state index contributed by atoms with van der Waals surface area (Å²) >= 11 is 0. The Morgan fingerprint density at radius 3 is 2.11 bits per heavy atom. The molecule has 0 spiro atoms. The molecule has 2 aliphatic rings. The number of fused-ring (bicyclic) bond motifs is 1. The molecule has 134 valence electrons. The van der Waals surface area contributed by atoms with Gasteiger partial charge in [0.25, 0.3) is 5.91 Å². The minimum absolute atomic E-state index is 0.281. The molecule has 0 atom stereocenters.